The van der Waals surface area contributed by atoms with E-state index < -0.39 is 11.2 Å². The molecule has 0 aliphatic rings. The van der Waals surface area contributed by atoms with E-state index >= 15 is 0 Å². The third-order valence-electron chi connectivity index (χ3n) is 4.44. The van der Waals surface area contributed by atoms with Crippen LogP contribution in [0.1, 0.15) is 5.82 Å². The van der Waals surface area contributed by atoms with Crippen molar-refractivity contribution in [1.29, 1.82) is 0 Å². The lowest BCUT2D eigenvalue weighted by Gasteiger charge is -2.17. The number of fused-ring (bicyclic) bond motifs is 1. The third-order valence-corrected chi connectivity index (χ3v) is 5.40. The molecular weight excluding hydrogens is 394 g/mol. The minimum absolute atomic E-state index is 0.0654. The van der Waals surface area contributed by atoms with Gasteiger partial charge in [0.25, 0.3) is 5.56 Å². The predicted molar refractivity (Wildman–Crippen MR) is 111 cm³/mol. The van der Waals surface area contributed by atoms with E-state index in [-0.39, 0.29) is 29.3 Å². The van der Waals surface area contributed by atoms with E-state index in [1.165, 1.54) is 25.8 Å². The molecule has 0 bridgehead atoms. The van der Waals surface area contributed by atoms with Crippen molar-refractivity contribution in [2.24, 2.45) is 14.1 Å². The number of carbonyl (C=O) groups is 1. The number of anilines is 1. The molecule has 1 amide bonds. The number of benzene rings is 1. The second-order valence-electron chi connectivity index (χ2n) is 6.36. The van der Waals surface area contributed by atoms with Crippen LogP contribution >= 0.6 is 11.8 Å². The quantitative estimate of drug-likeness (QED) is 0.436. The number of ether oxygens (including phenoxy) is 1. The highest BCUT2D eigenvalue weighted by atomic mass is 32.2. The normalized spacial score (nSPS) is 11.0. The van der Waals surface area contributed by atoms with Crippen LogP contribution in [0.3, 0.4) is 0 Å². The van der Waals surface area contributed by atoms with Crippen LogP contribution in [0.5, 0.6) is 0 Å². The number of para-hydroxylation sites is 1. The topological polar surface area (TPSA) is 99.3 Å². The molecule has 2 aromatic heterocycles. The summed E-state index contributed by atoms with van der Waals surface area (Å²) >= 11 is 1.13. The van der Waals surface area contributed by atoms with Gasteiger partial charge in [-0.15, -0.1) is 0 Å². The molecule has 3 aromatic rings. The minimum Gasteiger partial charge on any atom is -0.377 e. The van der Waals surface area contributed by atoms with E-state index in [0.29, 0.717) is 10.9 Å². The summed E-state index contributed by atoms with van der Waals surface area (Å²) in [6, 6.07) is 9.26. The number of amides is 1. The fourth-order valence-electron chi connectivity index (χ4n) is 2.79. The molecule has 29 heavy (non-hydrogen) atoms. The van der Waals surface area contributed by atoms with E-state index in [4.69, 9.17) is 4.74 Å². The predicted octanol–water partition coefficient (Wildman–Crippen LogP) is 0.929. The molecule has 9 nitrogen and oxygen atoms in total. The summed E-state index contributed by atoms with van der Waals surface area (Å²) in [6.45, 7) is 0.116. The molecule has 10 heteroatoms. The van der Waals surface area contributed by atoms with Crippen molar-refractivity contribution in [3.63, 3.8) is 0 Å². The summed E-state index contributed by atoms with van der Waals surface area (Å²) in [5.41, 5.74) is -0.00521. The number of carbonyl (C=O) groups excluding carboxylic acids is 1. The molecule has 0 saturated heterocycles. The molecule has 0 unspecified atom stereocenters. The Bertz CT molecular complexity index is 1170. The molecule has 0 aliphatic heterocycles. The molecule has 3 rings (SSSR count). The van der Waals surface area contributed by atoms with Crippen LogP contribution in [-0.4, -0.2) is 44.9 Å². The van der Waals surface area contributed by atoms with E-state index in [9.17, 15) is 14.4 Å². The monoisotopic (exact) mass is 415 g/mol. The molecule has 0 saturated carbocycles. The first kappa shape index (κ1) is 20.7. The van der Waals surface area contributed by atoms with E-state index in [1.807, 2.05) is 30.3 Å². The Morgan fingerprint density at radius 2 is 1.83 bits per heavy atom. The van der Waals surface area contributed by atoms with Gasteiger partial charge in [-0.2, -0.15) is 0 Å². The number of rotatable bonds is 6. The van der Waals surface area contributed by atoms with Crippen LogP contribution in [0.15, 0.2) is 44.9 Å². The van der Waals surface area contributed by atoms with Crippen molar-refractivity contribution >= 4 is 34.4 Å². The van der Waals surface area contributed by atoms with Gasteiger partial charge in [-0.05, 0) is 12.1 Å². The van der Waals surface area contributed by atoms with Gasteiger partial charge in [0.1, 0.15) is 17.0 Å². The minimum atomic E-state index is -0.501. The Morgan fingerprint density at radius 3 is 2.48 bits per heavy atom. The van der Waals surface area contributed by atoms with Crippen LogP contribution in [0.2, 0.25) is 0 Å². The fourth-order valence-corrected chi connectivity index (χ4v) is 3.74. The zero-order chi connectivity index (χ0) is 21.1. The second-order valence-corrected chi connectivity index (χ2v) is 7.32. The lowest BCUT2D eigenvalue weighted by Crippen LogP contribution is -2.38. The van der Waals surface area contributed by atoms with E-state index in [1.54, 1.807) is 11.9 Å². The molecule has 2 heterocycles. The molecule has 0 aliphatic carbocycles. The van der Waals surface area contributed by atoms with Crippen molar-refractivity contribution < 1.29 is 9.53 Å². The standard InChI is InChI=1S/C19H21N5O4S/c1-22(12-8-6-5-7-9-12)14(25)11-29-17-15-16(20-13(21-17)10-28-4)23(2)19(27)24(3)18(15)26/h5-9H,10-11H2,1-4H3. The average molecular weight is 415 g/mol. The Morgan fingerprint density at radius 1 is 1.14 bits per heavy atom. The van der Waals surface area contributed by atoms with Crippen molar-refractivity contribution in [2.75, 3.05) is 24.8 Å². The van der Waals surface area contributed by atoms with Crippen LogP contribution in [0.4, 0.5) is 5.69 Å². The molecule has 0 fully saturated rings. The maximum Gasteiger partial charge on any atom is 0.332 e. The number of methoxy groups -OCH3 is 1. The maximum atomic E-state index is 12.7. The SMILES string of the molecule is COCc1nc(SCC(=O)N(C)c2ccccc2)c2c(=O)n(C)c(=O)n(C)c2n1. The first-order chi connectivity index (χ1) is 13.8. The lowest BCUT2D eigenvalue weighted by molar-refractivity contribution is -0.115. The molecule has 1 aromatic carbocycles. The van der Waals surface area contributed by atoms with Gasteiger partial charge >= 0.3 is 5.69 Å². The van der Waals surface area contributed by atoms with Crippen LogP contribution < -0.4 is 16.1 Å². The van der Waals surface area contributed by atoms with Gasteiger partial charge in [0.15, 0.2) is 11.5 Å². The average Bonchev–Trinajstić information content (AvgIpc) is 2.74. The summed E-state index contributed by atoms with van der Waals surface area (Å²) in [4.78, 5) is 47.9. The van der Waals surface area contributed by atoms with Crippen molar-refractivity contribution in [3.05, 3.63) is 57.0 Å². The fraction of sp³-hybridized carbons (Fsp3) is 0.316. The molecule has 0 N–H and O–H groups in total. The summed E-state index contributed by atoms with van der Waals surface area (Å²) < 4.78 is 7.39. The summed E-state index contributed by atoms with van der Waals surface area (Å²) in [6.07, 6.45) is 0. The third kappa shape index (κ3) is 4.08. The zero-order valence-corrected chi connectivity index (χ0v) is 17.4. The largest absolute Gasteiger partial charge is 0.377 e. The van der Waals surface area contributed by atoms with E-state index in [0.717, 1.165) is 22.0 Å². The molecule has 0 atom stereocenters. The lowest BCUT2D eigenvalue weighted by atomic mass is 10.3. The number of thioether (sulfide) groups is 1. The summed E-state index contributed by atoms with van der Waals surface area (Å²) in [7, 11) is 6.13. The molecular formula is C19H21N5O4S. The molecule has 0 spiro atoms. The van der Waals surface area contributed by atoms with Gasteiger partial charge < -0.3 is 9.64 Å². The summed E-state index contributed by atoms with van der Waals surface area (Å²) in [5.74, 6) is 0.244. The van der Waals surface area contributed by atoms with Crippen molar-refractivity contribution in [3.8, 4) is 0 Å². The van der Waals surface area contributed by atoms with Gasteiger partial charge in [0.05, 0.1) is 5.75 Å². The van der Waals surface area contributed by atoms with Gasteiger partial charge in [0.2, 0.25) is 5.91 Å². The maximum absolute atomic E-state index is 12.7. The smallest absolute Gasteiger partial charge is 0.332 e. The van der Waals surface area contributed by atoms with Crippen molar-refractivity contribution in [1.82, 2.24) is 19.1 Å². The van der Waals surface area contributed by atoms with Crippen LogP contribution in [0, 0.1) is 0 Å². The van der Waals surface area contributed by atoms with Gasteiger partial charge in [-0.1, -0.05) is 30.0 Å². The number of aromatic nitrogens is 4. The first-order valence-corrected chi connectivity index (χ1v) is 9.73. The molecule has 0 radical (unpaired) electrons. The Kier molecular flexibility index (Phi) is 6.14. The Balaban J connectivity index is 2.01. The Labute approximate surface area is 171 Å². The number of hydrogen-bond donors (Lipinski definition) is 0. The Hall–Kier alpha value is -2.98. The van der Waals surface area contributed by atoms with Gasteiger partial charge in [-0.25, -0.2) is 14.8 Å². The number of aryl methyl sites for hydroxylation is 1. The highest BCUT2D eigenvalue weighted by Gasteiger charge is 2.19. The first-order valence-electron chi connectivity index (χ1n) is 8.75. The second kappa shape index (κ2) is 8.58. The van der Waals surface area contributed by atoms with Crippen LogP contribution in [-0.2, 0) is 30.2 Å². The summed E-state index contributed by atoms with van der Waals surface area (Å²) in [5, 5.41) is 0.544. The van der Waals surface area contributed by atoms with Crippen LogP contribution in [0.25, 0.3) is 11.0 Å². The number of nitrogens with zero attached hydrogens (tertiary/aromatic N) is 5. The highest BCUT2D eigenvalue weighted by Crippen LogP contribution is 2.23. The van der Waals surface area contributed by atoms with Gasteiger partial charge in [-0.3, -0.25) is 18.7 Å². The highest BCUT2D eigenvalue weighted by molar-refractivity contribution is 8.00. The zero-order valence-electron chi connectivity index (χ0n) is 16.6. The van der Waals surface area contributed by atoms with E-state index in [2.05, 4.69) is 9.97 Å². The number of hydrogen-bond acceptors (Lipinski definition) is 7. The van der Waals surface area contributed by atoms with Crippen molar-refractivity contribution in [2.45, 2.75) is 11.6 Å². The van der Waals surface area contributed by atoms with Gasteiger partial charge in [0, 0.05) is 33.9 Å². The molecule has 152 valence electrons.